The van der Waals surface area contributed by atoms with E-state index < -0.39 is 9.84 Å². The Labute approximate surface area is 147 Å². The molecule has 2 aromatic rings. The Morgan fingerprint density at radius 3 is 2.44 bits per heavy atom. The lowest BCUT2D eigenvalue weighted by Gasteiger charge is -2.24. The van der Waals surface area contributed by atoms with Gasteiger partial charge in [-0.25, -0.2) is 8.42 Å². The monoisotopic (exact) mass is 365 g/mol. The zero-order valence-electron chi connectivity index (χ0n) is 14.5. The normalized spacial score (nSPS) is 15.0. The molecule has 7 nitrogen and oxygen atoms in total. The fourth-order valence-corrected chi connectivity index (χ4v) is 3.88. The number of sulfone groups is 1. The van der Waals surface area contributed by atoms with E-state index in [4.69, 9.17) is 9.47 Å². The zero-order valence-corrected chi connectivity index (χ0v) is 15.3. The molecule has 0 bridgehead atoms. The molecule has 0 atom stereocenters. The Hall–Kier alpha value is -2.09. The second kappa shape index (κ2) is 7.43. The molecule has 1 aromatic heterocycles. The van der Waals surface area contributed by atoms with Crippen LogP contribution < -0.4 is 9.47 Å². The van der Waals surface area contributed by atoms with Crippen LogP contribution in [0.3, 0.4) is 0 Å². The van der Waals surface area contributed by atoms with E-state index in [1.807, 2.05) is 11.6 Å². The van der Waals surface area contributed by atoms with Gasteiger partial charge in [0.15, 0.2) is 9.84 Å². The van der Waals surface area contributed by atoms with Crippen LogP contribution >= 0.6 is 0 Å². The predicted molar refractivity (Wildman–Crippen MR) is 93.6 cm³/mol. The van der Waals surface area contributed by atoms with Crippen LogP contribution in [-0.2, 0) is 22.6 Å². The van der Waals surface area contributed by atoms with Gasteiger partial charge in [-0.05, 0) is 37.1 Å². The van der Waals surface area contributed by atoms with Crippen molar-refractivity contribution >= 4 is 9.84 Å². The maximum Gasteiger partial charge on any atom is 0.160 e. The molecule has 0 aliphatic heterocycles. The third-order valence-electron chi connectivity index (χ3n) is 4.54. The SMILES string of the molecule is COc1ccc(OCCS(=O)(=O)Cc2nnc(C3CCC3)n2C)cc1. The summed E-state index contributed by atoms with van der Waals surface area (Å²) in [6.45, 7) is 0.0992. The minimum Gasteiger partial charge on any atom is -0.497 e. The van der Waals surface area contributed by atoms with Gasteiger partial charge in [-0.2, -0.15) is 0 Å². The summed E-state index contributed by atoms with van der Waals surface area (Å²) in [6.07, 6.45) is 3.41. The van der Waals surface area contributed by atoms with Crippen LogP contribution in [0.2, 0.25) is 0 Å². The number of nitrogens with zero attached hydrogens (tertiary/aromatic N) is 3. The molecule has 0 N–H and O–H groups in total. The Morgan fingerprint density at radius 2 is 1.84 bits per heavy atom. The summed E-state index contributed by atoms with van der Waals surface area (Å²) >= 11 is 0. The summed E-state index contributed by atoms with van der Waals surface area (Å²) < 4.78 is 37.0. The summed E-state index contributed by atoms with van der Waals surface area (Å²) in [5, 5.41) is 8.24. The molecule has 8 heteroatoms. The van der Waals surface area contributed by atoms with Gasteiger partial charge in [-0.1, -0.05) is 6.42 Å². The molecule has 1 heterocycles. The van der Waals surface area contributed by atoms with E-state index in [1.54, 1.807) is 31.4 Å². The van der Waals surface area contributed by atoms with Gasteiger partial charge in [0.2, 0.25) is 0 Å². The zero-order chi connectivity index (χ0) is 17.9. The first-order valence-corrected chi connectivity index (χ1v) is 10.2. The van der Waals surface area contributed by atoms with Gasteiger partial charge in [0.1, 0.15) is 35.5 Å². The standard InChI is InChI=1S/C17H23N3O4S/c1-20-16(18-19-17(20)13-4-3-5-13)12-25(21,22)11-10-24-15-8-6-14(23-2)7-9-15/h6-9,13H,3-5,10-12H2,1-2H3. The quantitative estimate of drug-likeness (QED) is 0.712. The van der Waals surface area contributed by atoms with E-state index in [1.165, 1.54) is 6.42 Å². The first-order chi connectivity index (χ1) is 12.0. The number of ether oxygens (including phenoxy) is 2. The average molecular weight is 365 g/mol. The van der Waals surface area contributed by atoms with Crippen molar-refractivity contribution in [2.75, 3.05) is 19.5 Å². The molecule has 0 radical (unpaired) electrons. The number of hydrogen-bond donors (Lipinski definition) is 0. The van der Waals surface area contributed by atoms with Crippen molar-refractivity contribution in [1.82, 2.24) is 14.8 Å². The molecule has 1 aliphatic rings. The second-order valence-electron chi connectivity index (χ2n) is 6.28. The molecule has 25 heavy (non-hydrogen) atoms. The molecular formula is C17H23N3O4S. The van der Waals surface area contributed by atoms with Crippen molar-refractivity contribution in [3.8, 4) is 11.5 Å². The van der Waals surface area contributed by atoms with E-state index in [-0.39, 0.29) is 18.1 Å². The maximum atomic E-state index is 12.3. The van der Waals surface area contributed by atoms with Gasteiger partial charge in [0.05, 0.1) is 12.9 Å². The largest absolute Gasteiger partial charge is 0.497 e. The Kier molecular flexibility index (Phi) is 5.27. The minimum absolute atomic E-state index is 0.0648. The molecule has 0 amide bonds. The highest BCUT2D eigenvalue weighted by Gasteiger charge is 2.26. The van der Waals surface area contributed by atoms with Gasteiger partial charge < -0.3 is 14.0 Å². The van der Waals surface area contributed by atoms with E-state index in [0.29, 0.717) is 17.5 Å². The number of rotatable bonds is 8. The number of methoxy groups -OCH3 is 1. The van der Waals surface area contributed by atoms with Crippen LogP contribution in [0.4, 0.5) is 0 Å². The van der Waals surface area contributed by atoms with E-state index in [9.17, 15) is 8.42 Å². The Bertz CT molecular complexity index is 811. The molecule has 1 aromatic carbocycles. The smallest absolute Gasteiger partial charge is 0.160 e. The lowest BCUT2D eigenvalue weighted by atomic mass is 9.85. The van der Waals surface area contributed by atoms with Crippen LogP contribution in [0, 0.1) is 0 Å². The van der Waals surface area contributed by atoms with Gasteiger partial charge >= 0.3 is 0 Å². The first kappa shape index (κ1) is 17.7. The van der Waals surface area contributed by atoms with Crippen LogP contribution in [-0.4, -0.2) is 42.7 Å². The van der Waals surface area contributed by atoms with Crippen molar-refractivity contribution in [1.29, 1.82) is 0 Å². The molecule has 136 valence electrons. The number of aromatic nitrogens is 3. The first-order valence-electron chi connectivity index (χ1n) is 8.34. The fraction of sp³-hybridized carbons (Fsp3) is 0.529. The number of hydrogen-bond acceptors (Lipinski definition) is 6. The highest BCUT2D eigenvalue weighted by Crippen LogP contribution is 2.35. The van der Waals surface area contributed by atoms with Crippen molar-refractivity contribution in [3.63, 3.8) is 0 Å². The third-order valence-corrected chi connectivity index (χ3v) is 6.03. The summed E-state index contributed by atoms with van der Waals surface area (Å²) in [5.74, 6) is 2.97. The topological polar surface area (TPSA) is 83.3 Å². The second-order valence-corrected chi connectivity index (χ2v) is 8.46. The van der Waals surface area contributed by atoms with Crippen LogP contribution in [0.1, 0.15) is 36.8 Å². The average Bonchev–Trinajstić information content (AvgIpc) is 2.87. The molecule has 1 aliphatic carbocycles. The fourth-order valence-electron chi connectivity index (χ4n) is 2.75. The minimum atomic E-state index is -3.31. The molecule has 0 spiro atoms. The van der Waals surface area contributed by atoms with Crippen molar-refractivity contribution in [2.45, 2.75) is 30.9 Å². The Morgan fingerprint density at radius 1 is 1.16 bits per heavy atom. The van der Waals surface area contributed by atoms with Gasteiger partial charge in [0.25, 0.3) is 0 Å². The summed E-state index contributed by atoms with van der Waals surface area (Å²) in [4.78, 5) is 0. The molecular weight excluding hydrogens is 342 g/mol. The van der Waals surface area contributed by atoms with Crippen LogP contribution in [0.5, 0.6) is 11.5 Å². The lowest BCUT2D eigenvalue weighted by Crippen LogP contribution is -2.19. The van der Waals surface area contributed by atoms with Gasteiger partial charge in [-0.3, -0.25) is 0 Å². The summed E-state index contributed by atoms with van der Waals surface area (Å²) in [6, 6.07) is 7.04. The molecule has 1 fully saturated rings. The van der Waals surface area contributed by atoms with E-state index >= 15 is 0 Å². The molecule has 1 saturated carbocycles. The highest BCUT2D eigenvalue weighted by molar-refractivity contribution is 7.90. The Balaban J connectivity index is 1.54. The van der Waals surface area contributed by atoms with Crippen molar-refractivity contribution in [2.24, 2.45) is 7.05 Å². The van der Waals surface area contributed by atoms with E-state index in [0.717, 1.165) is 24.4 Å². The summed E-state index contributed by atoms with van der Waals surface area (Å²) in [7, 11) is 0.114. The third kappa shape index (κ3) is 4.31. The van der Waals surface area contributed by atoms with Crippen molar-refractivity contribution < 1.29 is 17.9 Å². The van der Waals surface area contributed by atoms with Crippen LogP contribution in [0.25, 0.3) is 0 Å². The van der Waals surface area contributed by atoms with E-state index in [2.05, 4.69) is 10.2 Å². The lowest BCUT2D eigenvalue weighted by molar-refractivity contribution is 0.339. The molecule has 0 unspecified atom stereocenters. The van der Waals surface area contributed by atoms with Gasteiger partial charge in [0, 0.05) is 13.0 Å². The number of benzene rings is 1. The van der Waals surface area contributed by atoms with Crippen molar-refractivity contribution in [3.05, 3.63) is 35.9 Å². The molecule has 3 rings (SSSR count). The van der Waals surface area contributed by atoms with Gasteiger partial charge in [-0.15, -0.1) is 10.2 Å². The predicted octanol–water partition coefficient (Wildman–Crippen LogP) is 2.08. The summed E-state index contributed by atoms with van der Waals surface area (Å²) in [5.41, 5.74) is 0. The molecule has 0 saturated heterocycles. The highest BCUT2D eigenvalue weighted by atomic mass is 32.2. The van der Waals surface area contributed by atoms with Crippen LogP contribution in [0.15, 0.2) is 24.3 Å². The maximum absolute atomic E-state index is 12.3.